The predicted octanol–water partition coefficient (Wildman–Crippen LogP) is 2.85. The van der Waals surface area contributed by atoms with Crippen LogP contribution in [0.5, 0.6) is 0 Å². The highest BCUT2D eigenvalue weighted by molar-refractivity contribution is 9.09. The van der Waals surface area contributed by atoms with E-state index in [9.17, 15) is 10.1 Å². The highest BCUT2D eigenvalue weighted by Crippen LogP contribution is 2.29. The van der Waals surface area contributed by atoms with E-state index in [1.54, 1.807) is 4.68 Å². The minimum atomic E-state index is -0.427. The Labute approximate surface area is 103 Å². The fraction of sp³-hybridized carbons (Fsp3) is 0.700. The number of hydrogen-bond acceptors (Lipinski definition) is 3. The SMILES string of the molecule is CC(C)(C)C(CBr)Cn1cc([N+](=O)[O-])cn1. The number of nitrogens with zero attached hydrogens (tertiary/aromatic N) is 3. The summed E-state index contributed by atoms with van der Waals surface area (Å²) in [6.07, 6.45) is 2.76. The molecule has 0 aliphatic heterocycles. The molecule has 1 aromatic rings. The van der Waals surface area contributed by atoms with Gasteiger partial charge in [0.25, 0.3) is 0 Å². The van der Waals surface area contributed by atoms with Crippen molar-refractivity contribution in [3.8, 4) is 0 Å². The molecule has 0 N–H and O–H groups in total. The van der Waals surface area contributed by atoms with Crippen molar-refractivity contribution in [3.63, 3.8) is 0 Å². The lowest BCUT2D eigenvalue weighted by Crippen LogP contribution is -2.26. The first-order valence-corrected chi connectivity index (χ1v) is 6.19. The molecule has 6 heteroatoms. The van der Waals surface area contributed by atoms with E-state index in [1.807, 2.05) is 0 Å². The molecule has 0 bridgehead atoms. The summed E-state index contributed by atoms with van der Waals surface area (Å²) in [5.41, 5.74) is 0.187. The molecule has 1 aromatic heterocycles. The van der Waals surface area contributed by atoms with Gasteiger partial charge in [-0.15, -0.1) is 0 Å². The van der Waals surface area contributed by atoms with Crippen molar-refractivity contribution < 1.29 is 4.92 Å². The van der Waals surface area contributed by atoms with E-state index in [-0.39, 0.29) is 11.1 Å². The Morgan fingerprint density at radius 2 is 2.25 bits per heavy atom. The molecule has 0 aliphatic carbocycles. The Morgan fingerprint density at radius 3 is 2.62 bits per heavy atom. The van der Waals surface area contributed by atoms with Gasteiger partial charge < -0.3 is 0 Å². The van der Waals surface area contributed by atoms with E-state index in [1.165, 1.54) is 12.4 Å². The van der Waals surface area contributed by atoms with Crippen LogP contribution in [0.3, 0.4) is 0 Å². The van der Waals surface area contributed by atoms with Crippen molar-refractivity contribution in [1.82, 2.24) is 9.78 Å². The summed E-state index contributed by atoms with van der Waals surface area (Å²) < 4.78 is 1.63. The Kier molecular flexibility index (Phi) is 4.07. The number of aromatic nitrogens is 2. The maximum atomic E-state index is 10.5. The van der Waals surface area contributed by atoms with Crippen LogP contribution in [-0.4, -0.2) is 20.0 Å². The topological polar surface area (TPSA) is 61.0 Å². The van der Waals surface area contributed by atoms with Crippen molar-refractivity contribution in [2.24, 2.45) is 11.3 Å². The third kappa shape index (κ3) is 3.30. The molecule has 0 saturated heterocycles. The van der Waals surface area contributed by atoms with Crippen LogP contribution < -0.4 is 0 Å². The fourth-order valence-electron chi connectivity index (χ4n) is 1.33. The largest absolute Gasteiger partial charge is 0.306 e. The Morgan fingerprint density at radius 1 is 1.62 bits per heavy atom. The van der Waals surface area contributed by atoms with Crippen molar-refractivity contribution in [2.75, 3.05) is 5.33 Å². The van der Waals surface area contributed by atoms with Crippen molar-refractivity contribution >= 4 is 21.6 Å². The molecule has 0 amide bonds. The van der Waals surface area contributed by atoms with Gasteiger partial charge in [0.15, 0.2) is 0 Å². The molecule has 0 aromatic carbocycles. The van der Waals surface area contributed by atoms with E-state index < -0.39 is 4.92 Å². The van der Waals surface area contributed by atoms with Crippen molar-refractivity contribution in [2.45, 2.75) is 27.3 Å². The molecule has 1 unspecified atom stereocenters. The smallest absolute Gasteiger partial charge is 0.265 e. The summed E-state index contributed by atoms with van der Waals surface area (Å²) in [6, 6.07) is 0. The quantitative estimate of drug-likeness (QED) is 0.486. The Hall–Kier alpha value is -0.910. The van der Waals surface area contributed by atoms with Gasteiger partial charge in [0.2, 0.25) is 0 Å². The highest BCUT2D eigenvalue weighted by Gasteiger charge is 2.24. The molecule has 1 rings (SSSR count). The first-order valence-electron chi connectivity index (χ1n) is 5.07. The zero-order valence-corrected chi connectivity index (χ0v) is 11.3. The monoisotopic (exact) mass is 289 g/mol. The van der Waals surface area contributed by atoms with Crippen LogP contribution >= 0.6 is 15.9 Å². The highest BCUT2D eigenvalue weighted by atomic mass is 79.9. The lowest BCUT2D eigenvalue weighted by atomic mass is 9.82. The Bertz CT molecular complexity index is 370. The third-order valence-corrected chi connectivity index (χ3v) is 3.43. The van der Waals surface area contributed by atoms with E-state index in [4.69, 9.17) is 0 Å². The zero-order chi connectivity index (χ0) is 12.3. The summed E-state index contributed by atoms with van der Waals surface area (Å²) in [4.78, 5) is 10.1. The maximum absolute atomic E-state index is 10.5. The van der Waals surface area contributed by atoms with Crippen LogP contribution in [0.4, 0.5) is 5.69 Å². The van der Waals surface area contributed by atoms with Crippen LogP contribution in [0.2, 0.25) is 0 Å². The molecule has 90 valence electrons. The summed E-state index contributed by atoms with van der Waals surface area (Å²) in [6.45, 7) is 7.13. The van der Waals surface area contributed by atoms with Gasteiger partial charge in [-0.05, 0) is 11.3 Å². The van der Waals surface area contributed by atoms with Crippen molar-refractivity contribution in [3.05, 3.63) is 22.5 Å². The van der Waals surface area contributed by atoms with Gasteiger partial charge in [-0.1, -0.05) is 36.7 Å². The first-order chi connectivity index (χ1) is 7.34. The Balaban J connectivity index is 2.75. The molecule has 5 nitrogen and oxygen atoms in total. The summed E-state index contributed by atoms with van der Waals surface area (Å²) in [5, 5.41) is 15.4. The molecular weight excluding hydrogens is 274 g/mol. The first kappa shape index (κ1) is 13.2. The molecule has 1 heterocycles. The van der Waals surface area contributed by atoms with Crippen LogP contribution in [0, 0.1) is 21.4 Å². The van der Waals surface area contributed by atoms with Gasteiger partial charge in [0.1, 0.15) is 12.4 Å². The lowest BCUT2D eigenvalue weighted by molar-refractivity contribution is -0.385. The predicted molar refractivity (Wildman–Crippen MR) is 65.6 cm³/mol. The van der Waals surface area contributed by atoms with Gasteiger partial charge in [-0.3, -0.25) is 14.8 Å². The summed E-state index contributed by atoms with van der Waals surface area (Å²) in [5.74, 6) is 0.381. The van der Waals surface area contributed by atoms with Crippen LogP contribution in [-0.2, 0) is 6.54 Å². The standard InChI is InChI=1S/C10H16BrN3O2/c1-10(2,3)8(4-11)6-13-7-9(5-12-13)14(15)16/h5,7-8H,4,6H2,1-3H3. The number of nitro groups is 1. The van der Waals surface area contributed by atoms with Gasteiger partial charge in [0.05, 0.1) is 4.92 Å². The second-order valence-electron chi connectivity index (χ2n) is 4.89. The molecular formula is C10H16BrN3O2. The molecule has 0 saturated carbocycles. The second kappa shape index (κ2) is 4.95. The third-order valence-electron chi connectivity index (χ3n) is 2.65. The van der Waals surface area contributed by atoms with Crippen LogP contribution in [0.1, 0.15) is 20.8 Å². The average Bonchev–Trinajstić information content (AvgIpc) is 2.60. The maximum Gasteiger partial charge on any atom is 0.306 e. The van der Waals surface area contributed by atoms with Crippen LogP contribution in [0.15, 0.2) is 12.4 Å². The summed E-state index contributed by atoms with van der Waals surface area (Å²) in [7, 11) is 0. The minimum absolute atomic E-state index is 0.0437. The lowest BCUT2D eigenvalue weighted by Gasteiger charge is -2.28. The number of halogens is 1. The number of hydrogen-bond donors (Lipinski definition) is 0. The molecule has 1 atom stereocenters. The second-order valence-corrected chi connectivity index (χ2v) is 5.54. The van der Waals surface area contributed by atoms with Gasteiger partial charge in [-0.25, -0.2) is 0 Å². The van der Waals surface area contributed by atoms with E-state index in [0.29, 0.717) is 12.5 Å². The molecule has 0 spiro atoms. The zero-order valence-electron chi connectivity index (χ0n) is 9.68. The van der Waals surface area contributed by atoms with Gasteiger partial charge >= 0.3 is 5.69 Å². The molecule has 16 heavy (non-hydrogen) atoms. The van der Waals surface area contributed by atoms with Crippen LogP contribution in [0.25, 0.3) is 0 Å². The molecule has 0 radical (unpaired) electrons. The van der Waals surface area contributed by atoms with E-state index in [0.717, 1.165) is 5.33 Å². The van der Waals surface area contributed by atoms with Gasteiger partial charge in [-0.2, -0.15) is 5.10 Å². The minimum Gasteiger partial charge on any atom is -0.265 e. The summed E-state index contributed by atoms with van der Waals surface area (Å²) >= 11 is 3.47. The fourth-order valence-corrected chi connectivity index (χ4v) is 2.50. The molecule has 0 fully saturated rings. The number of rotatable bonds is 4. The van der Waals surface area contributed by atoms with E-state index in [2.05, 4.69) is 41.8 Å². The van der Waals surface area contributed by atoms with Gasteiger partial charge in [0, 0.05) is 11.9 Å². The van der Waals surface area contributed by atoms with E-state index >= 15 is 0 Å². The average molecular weight is 290 g/mol. The number of alkyl halides is 1. The van der Waals surface area contributed by atoms with Crippen molar-refractivity contribution in [1.29, 1.82) is 0 Å². The normalized spacial score (nSPS) is 13.8. The molecule has 0 aliphatic rings.